The molecule has 0 aliphatic heterocycles. The number of benzene rings is 1. The van der Waals surface area contributed by atoms with E-state index in [4.69, 9.17) is 11.6 Å². The molecular formula is C12H9ClF3N3O. The Labute approximate surface area is 117 Å². The normalized spacial score (nSPS) is 11.4. The van der Waals surface area contributed by atoms with Crippen molar-refractivity contribution in [2.45, 2.75) is 12.7 Å². The van der Waals surface area contributed by atoms with E-state index in [-0.39, 0.29) is 5.69 Å². The van der Waals surface area contributed by atoms with Gasteiger partial charge in [0.2, 0.25) is 0 Å². The quantitative estimate of drug-likeness (QED) is 0.947. The summed E-state index contributed by atoms with van der Waals surface area (Å²) < 4.78 is 37.6. The van der Waals surface area contributed by atoms with Crippen LogP contribution in [0.5, 0.6) is 0 Å². The third kappa shape index (κ3) is 3.51. The van der Waals surface area contributed by atoms with Crippen molar-refractivity contribution in [3.63, 3.8) is 0 Å². The highest BCUT2D eigenvalue weighted by Crippen LogP contribution is 2.19. The fourth-order valence-corrected chi connectivity index (χ4v) is 1.71. The number of halogens is 4. The molecule has 20 heavy (non-hydrogen) atoms. The smallest absolute Gasteiger partial charge is 0.316 e. The highest BCUT2D eigenvalue weighted by atomic mass is 35.5. The van der Waals surface area contributed by atoms with Crippen molar-refractivity contribution in [1.29, 1.82) is 0 Å². The fraction of sp³-hybridized carbons (Fsp3) is 0.167. The van der Waals surface area contributed by atoms with Gasteiger partial charge in [-0.1, -0.05) is 29.8 Å². The molecule has 0 aliphatic rings. The average molecular weight is 304 g/mol. The number of rotatable bonds is 3. The molecule has 8 heteroatoms. The maximum atomic E-state index is 12.1. The van der Waals surface area contributed by atoms with Gasteiger partial charge < -0.3 is 5.32 Å². The zero-order chi connectivity index (χ0) is 14.8. The Bertz CT molecular complexity index is 624. The predicted octanol–water partition coefficient (Wildman–Crippen LogP) is 3.09. The van der Waals surface area contributed by atoms with E-state index in [9.17, 15) is 18.0 Å². The average Bonchev–Trinajstić information content (AvgIpc) is 2.78. The van der Waals surface area contributed by atoms with Crippen molar-refractivity contribution >= 4 is 23.2 Å². The van der Waals surface area contributed by atoms with E-state index in [0.29, 0.717) is 11.6 Å². The van der Waals surface area contributed by atoms with E-state index in [1.165, 1.54) is 10.9 Å². The summed E-state index contributed by atoms with van der Waals surface area (Å²) in [5.74, 6) is -2.03. The molecule has 1 aromatic carbocycles. The van der Waals surface area contributed by atoms with Gasteiger partial charge in [0.25, 0.3) is 0 Å². The molecular weight excluding hydrogens is 295 g/mol. The van der Waals surface area contributed by atoms with Gasteiger partial charge in [-0.3, -0.25) is 9.48 Å². The second kappa shape index (κ2) is 5.54. The molecule has 1 amide bonds. The molecule has 1 heterocycles. The summed E-state index contributed by atoms with van der Waals surface area (Å²) in [6.07, 6.45) is -2.49. The Morgan fingerprint density at radius 2 is 2.05 bits per heavy atom. The van der Waals surface area contributed by atoms with Crippen LogP contribution in [0.4, 0.5) is 18.9 Å². The Balaban J connectivity index is 2.07. The minimum absolute atomic E-state index is 0.0284. The van der Waals surface area contributed by atoms with Crippen LogP contribution in [0.3, 0.4) is 0 Å². The van der Waals surface area contributed by atoms with Gasteiger partial charge in [0.1, 0.15) is 0 Å². The molecule has 0 saturated heterocycles. The van der Waals surface area contributed by atoms with E-state index in [0.717, 1.165) is 11.8 Å². The number of aromatic nitrogens is 2. The first-order valence-corrected chi connectivity index (χ1v) is 5.88. The van der Waals surface area contributed by atoms with Gasteiger partial charge in [-0.05, 0) is 11.6 Å². The van der Waals surface area contributed by atoms with Gasteiger partial charge in [0, 0.05) is 11.2 Å². The summed E-state index contributed by atoms with van der Waals surface area (Å²) in [6.45, 7) is 0.293. The molecule has 0 fully saturated rings. The predicted molar refractivity (Wildman–Crippen MR) is 67.5 cm³/mol. The maximum absolute atomic E-state index is 12.1. The van der Waals surface area contributed by atoms with E-state index in [2.05, 4.69) is 5.10 Å². The van der Waals surface area contributed by atoms with E-state index >= 15 is 0 Å². The van der Waals surface area contributed by atoms with Crippen molar-refractivity contribution in [2.75, 3.05) is 5.32 Å². The van der Waals surface area contributed by atoms with Gasteiger partial charge in [0.15, 0.2) is 0 Å². The van der Waals surface area contributed by atoms with Gasteiger partial charge in [-0.2, -0.15) is 18.3 Å². The number of carbonyl (C=O) groups is 1. The maximum Gasteiger partial charge on any atom is 0.471 e. The Hall–Kier alpha value is -2.02. The van der Waals surface area contributed by atoms with Crippen LogP contribution in [-0.4, -0.2) is 21.9 Å². The molecule has 0 bridgehead atoms. The van der Waals surface area contributed by atoms with Crippen LogP contribution >= 0.6 is 11.6 Å². The number of amides is 1. The fourth-order valence-electron chi connectivity index (χ4n) is 1.52. The van der Waals surface area contributed by atoms with E-state index in [1.54, 1.807) is 29.6 Å². The first-order valence-electron chi connectivity index (χ1n) is 5.50. The molecule has 0 unspecified atom stereocenters. The summed E-state index contributed by atoms with van der Waals surface area (Å²) in [4.78, 5) is 10.8. The van der Waals surface area contributed by atoms with Gasteiger partial charge in [-0.15, -0.1) is 0 Å². The molecule has 4 nitrogen and oxygen atoms in total. The number of hydrogen-bond donors (Lipinski definition) is 1. The Kier molecular flexibility index (Phi) is 3.99. The van der Waals surface area contributed by atoms with Crippen LogP contribution in [0.15, 0.2) is 36.7 Å². The Morgan fingerprint density at radius 1 is 1.35 bits per heavy atom. The number of hydrogen-bond acceptors (Lipinski definition) is 2. The zero-order valence-electron chi connectivity index (χ0n) is 9.99. The Morgan fingerprint density at radius 3 is 2.70 bits per heavy atom. The third-order valence-corrected chi connectivity index (χ3v) is 2.81. The molecule has 0 radical (unpaired) electrons. The summed E-state index contributed by atoms with van der Waals surface area (Å²) in [5.41, 5.74) is 0.741. The molecule has 2 aromatic rings. The van der Waals surface area contributed by atoms with Crippen LogP contribution < -0.4 is 5.32 Å². The zero-order valence-corrected chi connectivity index (χ0v) is 10.7. The number of nitrogens with zero attached hydrogens (tertiary/aromatic N) is 2. The van der Waals surface area contributed by atoms with Crippen molar-refractivity contribution < 1.29 is 18.0 Å². The molecule has 0 atom stereocenters. The topological polar surface area (TPSA) is 46.9 Å². The summed E-state index contributed by atoms with van der Waals surface area (Å²) in [7, 11) is 0. The first-order chi connectivity index (χ1) is 9.36. The van der Waals surface area contributed by atoms with Crippen molar-refractivity contribution in [2.24, 2.45) is 0 Å². The van der Waals surface area contributed by atoms with Crippen LogP contribution in [0, 0.1) is 0 Å². The van der Waals surface area contributed by atoms with Crippen LogP contribution in [0.25, 0.3) is 0 Å². The molecule has 1 aromatic heterocycles. The number of carbonyl (C=O) groups excluding carboxylic acids is 1. The van der Waals surface area contributed by atoms with Crippen LogP contribution in [-0.2, 0) is 11.3 Å². The van der Waals surface area contributed by atoms with Crippen molar-refractivity contribution in [3.05, 3.63) is 47.2 Å². The standard InChI is InChI=1S/C12H9ClF3N3O/c13-10-4-2-1-3-8(10)6-19-7-9(5-17-19)18-11(20)12(14,15)16/h1-5,7H,6H2,(H,18,20). The van der Waals surface area contributed by atoms with Gasteiger partial charge in [-0.25, -0.2) is 0 Å². The van der Waals surface area contributed by atoms with E-state index < -0.39 is 12.1 Å². The van der Waals surface area contributed by atoms with Crippen molar-refractivity contribution in [3.8, 4) is 0 Å². The SMILES string of the molecule is O=C(Nc1cnn(Cc2ccccc2Cl)c1)C(F)(F)F. The summed E-state index contributed by atoms with van der Waals surface area (Å²) in [5, 5.41) is 6.12. The molecule has 1 N–H and O–H groups in total. The molecule has 106 valence electrons. The lowest BCUT2D eigenvalue weighted by atomic mass is 10.2. The molecule has 0 saturated carbocycles. The minimum Gasteiger partial charge on any atom is -0.316 e. The molecule has 0 spiro atoms. The highest BCUT2D eigenvalue weighted by molar-refractivity contribution is 6.31. The molecule has 0 aliphatic carbocycles. The highest BCUT2D eigenvalue weighted by Gasteiger charge is 2.38. The lowest BCUT2D eigenvalue weighted by Crippen LogP contribution is -2.29. The lowest BCUT2D eigenvalue weighted by molar-refractivity contribution is -0.167. The lowest BCUT2D eigenvalue weighted by Gasteiger charge is -2.05. The van der Waals surface area contributed by atoms with Gasteiger partial charge >= 0.3 is 12.1 Å². The monoisotopic (exact) mass is 303 g/mol. The molecule has 2 rings (SSSR count). The van der Waals surface area contributed by atoms with Crippen molar-refractivity contribution in [1.82, 2.24) is 9.78 Å². The third-order valence-electron chi connectivity index (χ3n) is 2.44. The number of nitrogens with one attached hydrogen (secondary N) is 1. The second-order valence-corrected chi connectivity index (χ2v) is 4.38. The second-order valence-electron chi connectivity index (χ2n) is 3.97. The summed E-state index contributed by atoms with van der Waals surface area (Å²) in [6, 6.07) is 7.03. The number of anilines is 1. The van der Waals surface area contributed by atoms with Crippen LogP contribution in [0.2, 0.25) is 5.02 Å². The van der Waals surface area contributed by atoms with Crippen LogP contribution in [0.1, 0.15) is 5.56 Å². The first kappa shape index (κ1) is 14.4. The van der Waals surface area contributed by atoms with E-state index in [1.807, 2.05) is 0 Å². The number of alkyl halides is 3. The summed E-state index contributed by atoms with van der Waals surface area (Å²) >= 11 is 5.97. The minimum atomic E-state index is -4.93. The largest absolute Gasteiger partial charge is 0.471 e. The van der Waals surface area contributed by atoms with Gasteiger partial charge in [0.05, 0.1) is 18.4 Å².